The Morgan fingerprint density at radius 2 is 2.12 bits per heavy atom. The molecule has 1 aliphatic rings. The molecule has 1 heterocycles. The van der Waals surface area contributed by atoms with Crippen LogP contribution in [0.25, 0.3) is 0 Å². The highest BCUT2D eigenvalue weighted by Gasteiger charge is 2.19. The predicted octanol–water partition coefficient (Wildman–Crippen LogP) is -0.192. The van der Waals surface area contributed by atoms with Crippen LogP contribution in [0.1, 0.15) is 20.3 Å². The number of amides is 1. The van der Waals surface area contributed by atoms with Crippen molar-refractivity contribution in [3.63, 3.8) is 0 Å². The van der Waals surface area contributed by atoms with Gasteiger partial charge in [0.05, 0.1) is 13.2 Å². The van der Waals surface area contributed by atoms with Gasteiger partial charge in [0.15, 0.2) is 0 Å². The molecule has 3 N–H and O–H groups in total. The SMILES string of the molecule is CCC(CN)C(=O)NC(C)CN1CCOCC1. The van der Waals surface area contributed by atoms with Gasteiger partial charge in [0.2, 0.25) is 5.91 Å². The van der Waals surface area contributed by atoms with Crippen molar-refractivity contribution >= 4 is 5.91 Å². The van der Waals surface area contributed by atoms with Gasteiger partial charge in [0.25, 0.3) is 0 Å². The largest absolute Gasteiger partial charge is 0.379 e. The number of ether oxygens (including phenoxy) is 1. The Hall–Kier alpha value is -0.650. The van der Waals surface area contributed by atoms with Crippen LogP contribution in [-0.4, -0.2) is 56.2 Å². The molecular formula is C12H25N3O2. The summed E-state index contributed by atoms with van der Waals surface area (Å²) < 4.78 is 5.29. The summed E-state index contributed by atoms with van der Waals surface area (Å²) in [6.45, 7) is 8.83. The monoisotopic (exact) mass is 243 g/mol. The van der Waals surface area contributed by atoms with Gasteiger partial charge in [-0.3, -0.25) is 9.69 Å². The van der Waals surface area contributed by atoms with Gasteiger partial charge in [-0.1, -0.05) is 6.92 Å². The molecule has 1 rings (SSSR count). The fourth-order valence-corrected chi connectivity index (χ4v) is 2.04. The molecule has 0 aromatic heterocycles. The molecule has 0 aromatic rings. The summed E-state index contributed by atoms with van der Waals surface area (Å²) >= 11 is 0. The molecule has 0 aromatic carbocycles. The maximum atomic E-state index is 11.8. The number of hydrogen-bond acceptors (Lipinski definition) is 4. The van der Waals surface area contributed by atoms with E-state index >= 15 is 0 Å². The Morgan fingerprint density at radius 1 is 1.47 bits per heavy atom. The van der Waals surface area contributed by atoms with Crippen molar-refractivity contribution in [3.05, 3.63) is 0 Å². The lowest BCUT2D eigenvalue weighted by atomic mass is 10.1. The van der Waals surface area contributed by atoms with Crippen LogP contribution in [0.4, 0.5) is 0 Å². The first-order chi connectivity index (χ1) is 8.17. The molecule has 0 aliphatic carbocycles. The fourth-order valence-electron chi connectivity index (χ4n) is 2.04. The summed E-state index contributed by atoms with van der Waals surface area (Å²) in [5.74, 6) is 0.0258. The molecule has 5 nitrogen and oxygen atoms in total. The van der Waals surface area contributed by atoms with E-state index in [1.54, 1.807) is 0 Å². The quantitative estimate of drug-likeness (QED) is 0.678. The zero-order chi connectivity index (χ0) is 12.7. The van der Waals surface area contributed by atoms with Crippen LogP contribution in [0.15, 0.2) is 0 Å². The maximum Gasteiger partial charge on any atom is 0.224 e. The van der Waals surface area contributed by atoms with E-state index < -0.39 is 0 Å². The Labute approximate surface area is 104 Å². The van der Waals surface area contributed by atoms with Crippen molar-refractivity contribution in [3.8, 4) is 0 Å². The Bertz CT molecular complexity index is 226. The van der Waals surface area contributed by atoms with Crippen molar-refractivity contribution < 1.29 is 9.53 Å². The highest BCUT2D eigenvalue weighted by molar-refractivity contribution is 5.79. The normalized spacial score (nSPS) is 20.9. The van der Waals surface area contributed by atoms with E-state index in [2.05, 4.69) is 10.2 Å². The first-order valence-electron chi connectivity index (χ1n) is 6.47. The molecule has 2 unspecified atom stereocenters. The van der Waals surface area contributed by atoms with Crippen LogP contribution >= 0.6 is 0 Å². The summed E-state index contributed by atoms with van der Waals surface area (Å²) in [7, 11) is 0. The van der Waals surface area contributed by atoms with Gasteiger partial charge in [-0.2, -0.15) is 0 Å². The Kier molecular flexibility index (Phi) is 6.47. The molecule has 1 fully saturated rings. The zero-order valence-electron chi connectivity index (χ0n) is 10.9. The lowest BCUT2D eigenvalue weighted by molar-refractivity contribution is -0.125. The van der Waals surface area contributed by atoms with Crippen molar-refractivity contribution in [2.45, 2.75) is 26.3 Å². The van der Waals surface area contributed by atoms with Gasteiger partial charge < -0.3 is 15.8 Å². The number of morpholine rings is 1. The van der Waals surface area contributed by atoms with Crippen LogP contribution in [0.2, 0.25) is 0 Å². The Balaban J connectivity index is 2.27. The summed E-state index contributed by atoms with van der Waals surface area (Å²) in [6, 6.07) is 0.168. The number of nitrogens with two attached hydrogens (primary N) is 1. The molecule has 0 saturated carbocycles. The number of hydrogen-bond donors (Lipinski definition) is 2. The topological polar surface area (TPSA) is 67.6 Å². The minimum Gasteiger partial charge on any atom is -0.379 e. The average molecular weight is 243 g/mol. The zero-order valence-corrected chi connectivity index (χ0v) is 10.9. The van der Waals surface area contributed by atoms with Crippen LogP contribution in [0, 0.1) is 5.92 Å². The van der Waals surface area contributed by atoms with Gasteiger partial charge in [0.1, 0.15) is 0 Å². The molecule has 0 radical (unpaired) electrons. The molecule has 1 aliphatic heterocycles. The van der Waals surface area contributed by atoms with Gasteiger partial charge in [0, 0.05) is 38.1 Å². The summed E-state index contributed by atoms with van der Waals surface area (Å²) in [5.41, 5.74) is 5.56. The molecular weight excluding hydrogens is 218 g/mol. The minimum absolute atomic E-state index is 0.0536. The second kappa shape index (κ2) is 7.63. The number of carbonyl (C=O) groups excluding carboxylic acids is 1. The van der Waals surface area contributed by atoms with Crippen molar-refractivity contribution in [2.24, 2.45) is 11.7 Å². The van der Waals surface area contributed by atoms with Gasteiger partial charge in [-0.15, -0.1) is 0 Å². The van der Waals surface area contributed by atoms with E-state index in [0.717, 1.165) is 39.3 Å². The standard InChI is InChI=1S/C12H25N3O2/c1-3-11(8-13)12(16)14-10(2)9-15-4-6-17-7-5-15/h10-11H,3-9,13H2,1-2H3,(H,14,16). The Morgan fingerprint density at radius 3 is 2.65 bits per heavy atom. The number of carbonyl (C=O) groups is 1. The molecule has 100 valence electrons. The van der Waals surface area contributed by atoms with E-state index in [1.165, 1.54) is 0 Å². The van der Waals surface area contributed by atoms with E-state index in [9.17, 15) is 4.79 Å². The van der Waals surface area contributed by atoms with E-state index in [1.807, 2.05) is 13.8 Å². The lowest BCUT2D eigenvalue weighted by Gasteiger charge is -2.29. The molecule has 1 amide bonds. The van der Waals surface area contributed by atoms with E-state index in [4.69, 9.17) is 10.5 Å². The van der Waals surface area contributed by atoms with Crippen LogP contribution in [0.3, 0.4) is 0 Å². The van der Waals surface area contributed by atoms with Crippen LogP contribution in [0.5, 0.6) is 0 Å². The third-order valence-corrected chi connectivity index (χ3v) is 3.17. The van der Waals surface area contributed by atoms with Crippen LogP contribution in [-0.2, 0) is 9.53 Å². The minimum atomic E-state index is -0.0536. The highest BCUT2D eigenvalue weighted by Crippen LogP contribution is 2.02. The second-order valence-electron chi connectivity index (χ2n) is 4.66. The van der Waals surface area contributed by atoms with Gasteiger partial charge in [-0.05, 0) is 13.3 Å². The van der Waals surface area contributed by atoms with Crippen molar-refractivity contribution in [2.75, 3.05) is 39.4 Å². The molecule has 0 spiro atoms. The van der Waals surface area contributed by atoms with E-state index in [0.29, 0.717) is 6.54 Å². The number of nitrogens with zero attached hydrogens (tertiary/aromatic N) is 1. The average Bonchev–Trinajstić information content (AvgIpc) is 2.31. The van der Waals surface area contributed by atoms with Gasteiger partial charge in [-0.25, -0.2) is 0 Å². The van der Waals surface area contributed by atoms with Gasteiger partial charge >= 0.3 is 0 Å². The third-order valence-electron chi connectivity index (χ3n) is 3.17. The summed E-state index contributed by atoms with van der Waals surface area (Å²) in [4.78, 5) is 14.1. The third kappa shape index (κ3) is 5.02. The number of nitrogens with one attached hydrogen (secondary N) is 1. The van der Waals surface area contributed by atoms with Crippen molar-refractivity contribution in [1.29, 1.82) is 0 Å². The first kappa shape index (κ1) is 14.4. The summed E-state index contributed by atoms with van der Waals surface area (Å²) in [6.07, 6.45) is 0.798. The van der Waals surface area contributed by atoms with Crippen molar-refractivity contribution in [1.82, 2.24) is 10.2 Å². The number of rotatable bonds is 6. The molecule has 5 heteroatoms. The summed E-state index contributed by atoms with van der Waals surface area (Å²) in [5, 5.41) is 3.03. The van der Waals surface area contributed by atoms with E-state index in [-0.39, 0.29) is 17.9 Å². The molecule has 17 heavy (non-hydrogen) atoms. The molecule has 1 saturated heterocycles. The lowest BCUT2D eigenvalue weighted by Crippen LogP contribution is -2.48. The second-order valence-corrected chi connectivity index (χ2v) is 4.66. The fraction of sp³-hybridized carbons (Fsp3) is 0.917. The highest BCUT2D eigenvalue weighted by atomic mass is 16.5. The van der Waals surface area contributed by atoms with Crippen LogP contribution < -0.4 is 11.1 Å². The molecule has 2 atom stereocenters. The maximum absolute atomic E-state index is 11.8. The first-order valence-corrected chi connectivity index (χ1v) is 6.47. The molecule has 0 bridgehead atoms. The predicted molar refractivity (Wildman–Crippen MR) is 67.7 cm³/mol. The smallest absolute Gasteiger partial charge is 0.224 e.